The number of hydrogen-bond donors (Lipinski definition) is 1. The molecule has 1 aromatic heterocycles. The fourth-order valence-corrected chi connectivity index (χ4v) is 1.57. The third-order valence-corrected chi connectivity index (χ3v) is 2.44. The van der Waals surface area contributed by atoms with Gasteiger partial charge in [-0.1, -0.05) is 0 Å². The van der Waals surface area contributed by atoms with Crippen LogP contribution in [0, 0.1) is 0 Å². The molecular weight excluding hydrogens is 236 g/mol. The van der Waals surface area contributed by atoms with E-state index < -0.39 is 0 Å². The minimum absolute atomic E-state index is 0.0609. The molecule has 1 fully saturated rings. The summed E-state index contributed by atoms with van der Waals surface area (Å²) < 4.78 is 4.83. The molecule has 2 amide bonds. The van der Waals surface area contributed by atoms with Crippen molar-refractivity contribution in [1.82, 2.24) is 14.9 Å². The summed E-state index contributed by atoms with van der Waals surface area (Å²) in [6, 6.07) is 0. The monoisotopic (exact) mass is 250 g/mol. The first-order valence-corrected chi connectivity index (χ1v) is 5.66. The van der Waals surface area contributed by atoms with Crippen LogP contribution in [0.2, 0.25) is 0 Å². The highest BCUT2D eigenvalue weighted by atomic mass is 16.5. The number of anilines is 1. The Morgan fingerprint density at radius 2 is 2.00 bits per heavy atom. The van der Waals surface area contributed by atoms with Gasteiger partial charge < -0.3 is 10.1 Å². The van der Waals surface area contributed by atoms with Gasteiger partial charge >= 0.3 is 0 Å². The second-order valence-corrected chi connectivity index (χ2v) is 3.79. The molecule has 0 saturated carbocycles. The highest BCUT2D eigenvalue weighted by molar-refractivity contribution is 5.98. The Balaban J connectivity index is 2.03. The zero-order chi connectivity index (χ0) is 13.0. The van der Waals surface area contributed by atoms with Crippen molar-refractivity contribution < 1.29 is 14.3 Å². The molecule has 18 heavy (non-hydrogen) atoms. The van der Waals surface area contributed by atoms with Gasteiger partial charge in [-0.15, -0.1) is 0 Å². The van der Waals surface area contributed by atoms with E-state index in [4.69, 9.17) is 4.74 Å². The van der Waals surface area contributed by atoms with Crippen molar-refractivity contribution in [3.8, 4) is 0 Å². The molecule has 7 heteroatoms. The molecule has 0 spiro atoms. The van der Waals surface area contributed by atoms with Gasteiger partial charge in [-0.05, 0) is 6.92 Å². The molecule has 7 nitrogen and oxygen atoms in total. The Labute approximate surface area is 104 Å². The van der Waals surface area contributed by atoms with Gasteiger partial charge in [0, 0.05) is 6.54 Å². The lowest BCUT2D eigenvalue weighted by Gasteiger charge is -2.24. The van der Waals surface area contributed by atoms with Crippen LogP contribution >= 0.6 is 0 Å². The SMILES string of the molecule is CCNc1cnc(CN2C(=O)COCC2=O)cn1. The number of aromatic nitrogens is 2. The molecule has 1 aliphatic rings. The van der Waals surface area contributed by atoms with Crippen molar-refractivity contribution in [3.63, 3.8) is 0 Å². The van der Waals surface area contributed by atoms with E-state index in [1.807, 2.05) is 6.92 Å². The van der Waals surface area contributed by atoms with Crippen LogP contribution in [0.1, 0.15) is 12.6 Å². The molecule has 1 saturated heterocycles. The molecule has 0 unspecified atom stereocenters. The first-order chi connectivity index (χ1) is 8.70. The van der Waals surface area contributed by atoms with Crippen LogP contribution in [0.25, 0.3) is 0 Å². The number of nitrogens with zero attached hydrogens (tertiary/aromatic N) is 3. The van der Waals surface area contributed by atoms with E-state index in [2.05, 4.69) is 15.3 Å². The van der Waals surface area contributed by atoms with Gasteiger partial charge in [0.2, 0.25) is 0 Å². The number of morpholine rings is 1. The number of nitrogens with one attached hydrogen (secondary N) is 1. The predicted molar refractivity (Wildman–Crippen MR) is 62.6 cm³/mol. The summed E-state index contributed by atoms with van der Waals surface area (Å²) in [6.45, 7) is 2.73. The summed E-state index contributed by atoms with van der Waals surface area (Å²) in [5.74, 6) is -0.0199. The second kappa shape index (κ2) is 5.54. The van der Waals surface area contributed by atoms with Gasteiger partial charge in [-0.3, -0.25) is 19.5 Å². The quantitative estimate of drug-likeness (QED) is 0.744. The van der Waals surface area contributed by atoms with E-state index in [1.54, 1.807) is 12.4 Å². The first kappa shape index (κ1) is 12.4. The van der Waals surface area contributed by atoms with Crippen molar-refractivity contribution >= 4 is 17.6 Å². The van der Waals surface area contributed by atoms with E-state index in [9.17, 15) is 9.59 Å². The summed E-state index contributed by atoms with van der Waals surface area (Å²) in [5, 5.41) is 3.01. The average molecular weight is 250 g/mol. The maximum absolute atomic E-state index is 11.5. The molecule has 96 valence electrons. The molecule has 0 atom stereocenters. The molecule has 0 radical (unpaired) electrons. The molecule has 0 aromatic carbocycles. The van der Waals surface area contributed by atoms with Gasteiger partial charge in [0.25, 0.3) is 11.8 Å². The number of amides is 2. The molecule has 2 rings (SSSR count). The van der Waals surface area contributed by atoms with Crippen molar-refractivity contribution in [3.05, 3.63) is 18.1 Å². The van der Waals surface area contributed by atoms with Crippen molar-refractivity contribution in [1.29, 1.82) is 0 Å². The van der Waals surface area contributed by atoms with E-state index in [0.29, 0.717) is 11.5 Å². The van der Waals surface area contributed by atoms with Crippen LogP contribution in [0.5, 0.6) is 0 Å². The van der Waals surface area contributed by atoms with Crippen LogP contribution in [-0.4, -0.2) is 46.4 Å². The van der Waals surface area contributed by atoms with Crippen LogP contribution < -0.4 is 5.32 Å². The maximum Gasteiger partial charge on any atom is 0.255 e. The topological polar surface area (TPSA) is 84.4 Å². The fourth-order valence-electron chi connectivity index (χ4n) is 1.57. The Bertz CT molecular complexity index is 430. The fraction of sp³-hybridized carbons (Fsp3) is 0.455. The van der Waals surface area contributed by atoms with Crippen LogP contribution in [0.3, 0.4) is 0 Å². The zero-order valence-corrected chi connectivity index (χ0v) is 10.0. The minimum atomic E-state index is -0.344. The highest BCUT2D eigenvalue weighted by Crippen LogP contribution is 2.08. The van der Waals surface area contributed by atoms with Gasteiger partial charge in [0.15, 0.2) is 0 Å². The lowest BCUT2D eigenvalue weighted by Crippen LogP contribution is -2.45. The number of imide groups is 1. The van der Waals surface area contributed by atoms with Crippen molar-refractivity contribution in [2.24, 2.45) is 0 Å². The molecule has 1 N–H and O–H groups in total. The smallest absolute Gasteiger partial charge is 0.255 e. The Kier molecular flexibility index (Phi) is 3.83. The van der Waals surface area contributed by atoms with Crippen LogP contribution in [0.15, 0.2) is 12.4 Å². The van der Waals surface area contributed by atoms with Gasteiger partial charge in [-0.2, -0.15) is 0 Å². The Morgan fingerprint density at radius 1 is 1.28 bits per heavy atom. The number of carbonyl (C=O) groups is 2. The number of ether oxygens (including phenoxy) is 1. The molecule has 0 aliphatic carbocycles. The summed E-state index contributed by atoms with van der Waals surface area (Å²) in [4.78, 5) is 32.4. The van der Waals surface area contributed by atoms with E-state index in [-0.39, 0.29) is 31.6 Å². The van der Waals surface area contributed by atoms with Gasteiger partial charge in [0.1, 0.15) is 19.0 Å². The third-order valence-electron chi connectivity index (χ3n) is 2.44. The minimum Gasteiger partial charge on any atom is -0.369 e. The maximum atomic E-state index is 11.5. The Morgan fingerprint density at radius 3 is 2.56 bits per heavy atom. The van der Waals surface area contributed by atoms with Crippen molar-refractivity contribution in [2.45, 2.75) is 13.5 Å². The third kappa shape index (κ3) is 2.80. The van der Waals surface area contributed by atoms with E-state index in [0.717, 1.165) is 11.4 Å². The lowest BCUT2D eigenvalue weighted by atomic mass is 10.3. The lowest BCUT2D eigenvalue weighted by molar-refractivity contribution is -0.159. The summed E-state index contributed by atoms with van der Waals surface area (Å²) in [7, 11) is 0. The average Bonchev–Trinajstić information content (AvgIpc) is 2.36. The molecular formula is C11H14N4O3. The largest absolute Gasteiger partial charge is 0.369 e. The van der Waals surface area contributed by atoms with Crippen LogP contribution in [-0.2, 0) is 20.9 Å². The highest BCUT2D eigenvalue weighted by Gasteiger charge is 2.26. The molecule has 1 aromatic rings. The number of hydrogen-bond acceptors (Lipinski definition) is 6. The summed E-state index contributed by atoms with van der Waals surface area (Å²) in [6.07, 6.45) is 3.13. The standard InChI is InChI=1S/C11H14N4O3/c1-2-12-9-4-13-8(3-14-9)5-15-10(16)6-18-7-11(15)17/h3-4H,2,5-7H2,1H3,(H,12,14). The Hall–Kier alpha value is -2.02. The van der Waals surface area contributed by atoms with Crippen molar-refractivity contribution in [2.75, 3.05) is 25.1 Å². The van der Waals surface area contributed by atoms with E-state index >= 15 is 0 Å². The van der Waals surface area contributed by atoms with E-state index in [1.165, 1.54) is 0 Å². The number of carbonyl (C=O) groups excluding carboxylic acids is 2. The van der Waals surface area contributed by atoms with Crippen LogP contribution in [0.4, 0.5) is 5.82 Å². The normalized spacial score (nSPS) is 15.9. The summed E-state index contributed by atoms with van der Waals surface area (Å²) >= 11 is 0. The molecule has 0 bridgehead atoms. The molecule has 1 aliphatic heterocycles. The van der Waals surface area contributed by atoms with Gasteiger partial charge in [0.05, 0.1) is 24.6 Å². The predicted octanol–water partition coefficient (Wildman–Crippen LogP) is -0.206. The number of rotatable bonds is 4. The van der Waals surface area contributed by atoms with Gasteiger partial charge in [-0.25, -0.2) is 4.98 Å². The molecule has 2 heterocycles. The second-order valence-electron chi connectivity index (χ2n) is 3.79. The zero-order valence-electron chi connectivity index (χ0n) is 10.0. The summed E-state index contributed by atoms with van der Waals surface area (Å²) in [5.41, 5.74) is 0.570. The first-order valence-electron chi connectivity index (χ1n) is 5.66.